The fourth-order valence-corrected chi connectivity index (χ4v) is 6.04. The topological polar surface area (TPSA) is 67.4 Å². The van der Waals surface area contributed by atoms with Crippen LogP contribution in [0.3, 0.4) is 0 Å². The fraction of sp³-hybridized carbons (Fsp3) is 0.379. The van der Waals surface area contributed by atoms with Crippen LogP contribution in [-0.2, 0) is 12.6 Å². The number of nitrogens with zero attached hydrogens (tertiary/aromatic N) is 8. The number of aliphatic imine (C=N–C) groups is 1. The summed E-state index contributed by atoms with van der Waals surface area (Å²) in [6.45, 7) is 7.12. The van der Waals surface area contributed by atoms with E-state index in [1.54, 1.807) is 0 Å². The van der Waals surface area contributed by atoms with E-state index in [2.05, 4.69) is 78.3 Å². The highest BCUT2D eigenvalue weighted by atomic mass is 35.5. The van der Waals surface area contributed by atoms with Gasteiger partial charge in [-0.25, -0.2) is 0 Å². The van der Waals surface area contributed by atoms with Crippen LogP contribution in [0.1, 0.15) is 35.6 Å². The summed E-state index contributed by atoms with van der Waals surface area (Å²) in [6, 6.07) is 15.5. The zero-order chi connectivity index (χ0) is 25.9. The van der Waals surface area contributed by atoms with E-state index in [1.807, 2.05) is 24.9 Å². The molecule has 2 fully saturated rings. The van der Waals surface area contributed by atoms with Crippen molar-refractivity contribution in [3.05, 3.63) is 77.6 Å². The smallest absolute Gasteiger partial charge is 0.165 e. The molecule has 4 aromatic rings. The maximum atomic E-state index is 5.95. The number of rotatable bonds is 5. The van der Waals surface area contributed by atoms with Crippen LogP contribution in [0.4, 0.5) is 5.69 Å². The summed E-state index contributed by atoms with van der Waals surface area (Å²) in [7, 11) is 1.95. The molecule has 0 amide bonds. The molecule has 0 N–H and O–H groups in total. The lowest BCUT2D eigenvalue weighted by Crippen LogP contribution is -2.46. The Labute approximate surface area is 227 Å². The van der Waals surface area contributed by atoms with Crippen molar-refractivity contribution in [2.45, 2.75) is 25.3 Å². The van der Waals surface area contributed by atoms with Crippen molar-refractivity contribution in [1.29, 1.82) is 0 Å². The third-order valence-electron chi connectivity index (χ3n) is 8.10. The molecule has 2 aliphatic heterocycles. The first-order valence-corrected chi connectivity index (χ1v) is 13.9. The van der Waals surface area contributed by atoms with E-state index in [1.165, 1.54) is 5.69 Å². The maximum absolute atomic E-state index is 5.95. The summed E-state index contributed by atoms with van der Waals surface area (Å²) >= 11 is 5.95. The number of halogens is 1. The normalized spacial score (nSPS) is 18.2. The second kappa shape index (κ2) is 9.06. The predicted octanol–water partition coefficient (Wildman–Crippen LogP) is 4.18. The monoisotopic (exact) mass is 526 g/mol. The maximum Gasteiger partial charge on any atom is 0.165 e. The molecule has 38 heavy (non-hydrogen) atoms. The van der Waals surface area contributed by atoms with Gasteiger partial charge in [0.1, 0.15) is 11.4 Å². The van der Waals surface area contributed by atoms with Crippen LogP contribution >= 0.6 is 11.6 Å². The molecule has 9 heteroatoms. The zero-order valence-electron chi connectivity index (χ0n) is 21.8. The number of alkyl halides is 1. The molecule has 1 saturated carbocycles. The third-order valence-corrected chi connectivity index (χ3v) is 8.27. The molecule has 2 aromatic carbocycles. The molecule has 7 rings (SSSR count). The Hall–Kier alpha value is -3.49. The van der Waals surface area contributed by atoms with Crippen LogP contribution in [0, 0.1) is 6.92 Å². The lowest BCUT2D eigenvalue weighted by atomic mass is 9.96. The Balaban J connectivity index is 1.30. The van der Waals surface area contributed by atoms with Gasteiger partial charge in [0.25, 0.3) is 0 Å². The molecule has 1 spiro atoms. The molecule has 0 atom stereocenters. The van der Waals surface area contributed by atoms with Crippen molar-refractivity contribution in [2.24, 2.45) is 12.0 Å². The molecule has 1 aliphatic carbocycles. The van der Waals surface area contributed by atoms with E-state index in [0.717, 1.165) is 90.9 Å². The van der Waals surface area contributed by atoms with Gasteiger partial charge in [0, 0.05) is 74.2 Å². The van der Waals surface area contributed by atoms with E-state index in [4.69, 9.17) is 16.6 Å². The molecule has 3 aliphatic rings. The molecular weight excluding hydrogens is 496 g/mol. The van der Waals surface area contributed by atoms with Gasteiger partial charge in [-0.1, -0.05) is 18.2 Å². The molecule has 8 nitrogen and oxygen atoms in total. The lowest BCUT2D eigenvalue weighted by molar-refractivity contribution is 0.272. The standard InChI is InChI=1S/C29H31ClN8/c1-20-33-34-28-29(9-10-29)32-27(21-3-6-24(7-4-21)37-15-13-36(12-11-30)14-16-37)25-17-22(5-8-26(25)38(20)28)23-18-31-35(2)19-23/h3-8,17-19H,9-16H2,1-2H3. The average Bonchev–Trinajstić information content (AvgIpc) is 3.46. The molecule has 1 saturated heterocycles. The van der Waals surface area contributed by atoms with Gasteiger partial charge < -0.3 is 4.90 Å². The minimum Gasteiger partial charge on any atom is -0.369 e. The molecule has 0 radical (unpaired) electrons. The quantitative estimate of drug-likeness (QED) is 0.365. The van der Waals surface area contributed by atoms with Gasteiger partial charge in [-0.3, -0.25) is 19.1 Å². The summed E-state index contributed by atoms with van der Waals surface area (Å²) in [6.07, 6.45) is 5.94. The van der Waals surface area contributed by atoms with Crippen LogP contribution in [0.5, 0.6) is 0 Å². The Kier molecular flexibility index (Phi) is 5.63. The number of fused-ring (bicyclic) bond motifs is 4. The lowest BCUT2D eigenvalue weighted by Gasteiger charge is -2.35. The highest BCUT2D eigenvalue weighted by molar-refractivity contribution is 6.18. The highest BCUT2D eigenvalue weighted by Gasteiger charge is 2.51. The molecular formula is C29H31ClN8. The molecule has 0 unspecified atom stereocenters. The van der Waals surface area contributed by atoms with Crippen LogP contribution in [-0.4, -0.2) is 73.8 Å². The van der Waals surface area contributed by atoms with Crippen LogP contribution in [0.15, 0.2) is 59.9 Å². The SMILES string of the molecule is Cc1nnc2n1-c1ccc(-c3cnn(C)c3)cc1C(c1ccc(N3CCN(CCCl)CC3)cc1)=NC21CC1. The van der Waals surface area contributed by atoms with Gasteiger partial charge in [0.05, 0.1) is 17.6 Å². The van der Waals surface area contributed by atoms with Crippen molar-refractivity contribution in [2.75, 3.05) is 43.5 Å². The van der Waals surface area contributed by atoms with Crippen molar-refractivity contribution >= 4 is 23.0 Å². The van der Waals surface area contributed by atoms with Crippen molar-refractivity contribution in [3.63, 3.8) is 0 Å². The summed E-state index contributed by atoms with van der Waals surface area (Å²) in [5.41, 5.74) is 7.49. The Morgan fingerprint density at radius 2 is 1.68 bits per heavy atom. The molecule has 0 bridgehead atoms. The Morgan fingerprint density at radius 1 is 0.921 bits per heavy atom. The number of hydrogen-bond acceptors (Lipinski definition) is 6. The summed E-state index contributed by atoms with van der Waals surface area (Å²) in [4.78, 5) is 10.3. The fourth-order valence-electron chi connectivity index (χ4n) is 5.80. The van der Waals surface area contributed by atoms with E-state index in [-0.39, 0.29) is 5.54 Å². The largest absolute Gasteiger partial charge is 0.369 e. The van der Waals surface area contributed by atoms with Gasteiger partial charge in [-0.2, -0.15) is 5.10 Å². The van der Waals surface area contributed by atoms with E-state index >= 15 is 0 Å². The Morgan fingerprint density at radius 3 is 2.37 bits per heavy atom. The molecule has 194 valence electrons. The van der Waals surface area contributed by atoms with Gasteiger partial charge >= 0.3 is 0 Å². The second-order valence-corrected chi connectivity index (χ2v) is 11.0. The first-order chi connectivity index (χ1) is 18.5. The third kappa shape index (κ3) is 3.94. The van der Waals surface area contributed by atoms with E-state index < -0.39 is 0 Å². The van der Waals surface area contributed by atoms with E-state index in [0.29, 0.717) is 5.88 Å². The van der Waals surface area contributed by atoms with Crippen molar-refractivity contribution in [1.82, 2.24) is 29.4 Å². The number of benzene rings is 2. The number of hydrogen-bond donors (Lipinski definition) is 0. The van der Waals surface area contributed by atoms with E-state index in [9.17, 15) is 0 Å². The first-order valence-electron chi connectivity index (χ1n) is 13.3. The zero-order valence-corrected chi connectivity index (χ0v) is 22.6. The Bertz CT molecular complexity index is 1520. The number of piperazine rings is 1. The number of aromatic nitrogens is 5. The van der Waals surface area contributed by atoms with Crippen LogP contribution in [0.2, 0.25) is 0 Å². The van der Waals surface area contributed by atoms with Crippen molar-refractivity contribution < 1.29 is 0 Å². The highest BCUT2D eigenvalue weighted by Crippen LogP contribution is 2.51. The van der Waals surface area contributed by atoms with Gasteiger partial charge in [-0.15, -0.1) is 21.8 Å². The molecule has 4 heterocycles. The minimum absolute atomic E-state index is 0.304. The number of anilines is 1. The minimum atomic E-state index is -0.304. The summed E-state index contributed by atoms with van der Waals surface area (Å²) in [5.74, 6) is 2.53. The van der Waals surface area contributed by atoms with Crippen molar-refractivity contribution in [3.8, 4) is 16.8 Å². The van der Waals surface area contributed by atoms with Crippen LogP contribution in [0.25, 0.3) is 16.8 Å². The second-order valence-electron chi connectivity index (χ2n) is 10.6. The average molecular weight is 527 g/mol. The van der Waals surface area contributed by atoms with Crippen LogP contribution < -0.4 is 4.90 Å². The van der Waals surface area contributed by atoms with Gasteiger partial charge in [0.2, 0.25) is 0 Å². The summed E-state index contributed by atoms with van der Waals surface area (Å²) < 4.78 is 4.05. The first kappa shape index (κ1) is 23.6. The van der Waals surface area contributed by atoms with Gasteiger partial charge in [-0.05, 0) is 49.6 Å². The predicted molar refractivity (Wildman–Crippen MR) is 151 cm³/mol. The van der Waals surface area contributed by atoms with Gasteiger partial charge in [0.15, 0.2) is 5.82 Å². The number of aryl methyl sites for hydroxylation is 2. The summed E-state index contributed by atoms with van der Waals surface area (Å²) in [5, 5.41) is 13.5. The molecule has 2 aromatic heterocycles.